The summed E-state index contributed by atoms with van der Waals surface area (Å²) in [6.07, 6.45) is 0.419. The zero-order chi connectivity index (χ0) is 10.7. The highest BCUT2D eigenvalue weighted by Gasteiger charge is 2.04. The molecule has 1 aromatic carbocycles. The van der Waals surface area contributed by atoms with Crippen LogP contribution in [0.4, 0.5) is 0 Å². The number of aryl methyl sites for hydroxylation is 2. The zero-order valence-electron chi connectivity index (χ0n) is 8.21. The van der Waals surface area contributed by atoms with Crippen molar-refractivity contribution in [3.8, 4) is 0 Å². The van der Waals surface area contributed by atoms with Crippen molar-refractivity contribution in [1.29, 1.82) is 0 Å². The maximum atomic E-state index is 8.44. The van der Waals surface area contributed by atoms with Crippen LogP contribution in [0.2, 0.25) is 5.02 Å². The van der Waals surface area contributed by atoms with E-state index in [0.717, 1.165) is 16.7 Å². The van der Waals surface area contributed by atoms with Gasteiger partial charge in [-0.25, -0.2) is 0 Å². The third-order valence-corrected chi connectivity index (χ3v) is 2.52. The zero-order valence-corrected chi connectivity index (χ0v) is 8.97. The second-order valence-electron chi connectivity index (χ2n) is 3.30. The van der Waals surface area contributed by atoms with Gasteiger partial charge < -0.3 is 10.9 Å². The molecule has 0 saturated heterocycles. The highest BCUT2D eigenvalue weighted by atomic mass is 35.5. The van der Waals surface area contributed by atoms with Crippen LogP contribution in [0.1, 0.15) is 16.7 Å². The van der Waals surface area contributed by atoms with E-state index in [4.69, 9.17) is 22.5 Å². The van der Waals surface area contributed by atoms with Gasteiger partial charge in [0.1, 0.15) is 5.84 Å². The maximum absolute atomic E-state index is 8.44. The molecule has 0 spiro atoms. The van der Waals surface area contributed by atoms with Gasteiger partial charge in [0, 0.05) is 11.4 Å². The summed E-state index contributed by atoms with van der Waals surface area (Å²) >= 11 is 5.97. The van der Waals surface area contributed by atoms with Crippen LogP contribution in [0.5, 0.6) is 0 Å². The largest absolute Gasteiger partial charge is 0.409 e. The molecule has 0 atom stereocenters. The van der Waals surface area contributed by atoms with Crippen molar-refractivity contribution >= 4 is 17.4 Å². The molecule has 0 saturated carbocycles. The molecule has 76 valence electrons. The molecule has 0 aromatic heterocycles. The molecule has 14 heavy (non-hydrogen) atoms. The lowest BCUT2D eigenvalue weighted by molar-refractivity contribution is 0.317. The fraction of sp³-hybridized carbons (Fsp3) is 0.300. The highest BCUT2D eigenvalue weighted by Crippen LogP contribution is 2.20. The maximum Gasteiger partial charge on any atom is 0.143 e. The first-order chi connectivity index (χ1) is 6.54. The first-order valence-electron chi connectivity index (χ1n) is 4.26. The number of hydrogen-bond acceptors (Lipinski definition) is 2. The second-order valence-corrected chi connectivity index (χ2v) is 3.70. The van der Waals surface area contributed by atoms with Crippen LogP contribution in [-0.4, -0.2) is 11.0 Å². The molecule has 0 aliphatic heterocycles. The molecule has 1 rings (SSSR count). The molecular weight excluding hydrogens is 200 g/mol. The van der Waals surface area contributed by atoms with Gasteiger partial charge in [0.05, 0.1) is 0 Å². The van der Waals surface area contributed by atoms with Crippen LogP contribution in [-0.2, 0) is 6.42 Å². The minimum Gasteiger partial charge on any atom is -0.409 e. The molecule has 1 aromatic rings. The molecule has 0 aliphatic rings. The Kier molecular flexibility index (Phi) is 3.36. The molecule has 0 aliphatic carbocycles. The van der Waals surface area contributed by atoms with Crippen molar-refractivity contribution in [2.24, 2.45) is 10.9 Å². The Bertz CT molecular complexity index is 375. The summed E-state index contributed by atoms with van der Waals surface area (Å²) in [6.45, 7) is 3.92. The van der Waals surface area contributed by atoms with E-state index in [1.807, 2.05) is 26.0 Å². The summed E-state index contributed by atoms with van der Waals surface area (Å²) in [5.41, 5.74) is 8.53. The topological polar surface area (TPSA) is 58.6 Å². The third kappa shape index (κ3) is 2.39. The summed E-state index contributed by atoms with van der Waals surface area (Å²) in [6, 6.07) is 3.84. The molecule has 0 fully saturated rings. The Morgan fingerprint density at radius 3 is 2.64 bits per heavy atom. The third-order valence-electron chi connectivity index (χ3n) is 2.12. The number of hydrogen-bond donors (Lipinski definition) is 2. The van der Waals surface area contributed by atoms with Crippen LogP contribution >= 0.6 is 11.6 Å². The molecule has 0 amide bonds. The lowest BCUT2D eigenvalue weighted by Gasteiger charge is -2.07. The summed E-state index contributed by atoms with van der Waals surface area (Å²) in [5.74, 6) is 0.188. The molecule has 0 radical (unpaired) electrons. The predicted octanol–water partition coefficient (Wildman–Crippen LogP) is 2.25. The first-order valence-corrected chi connectivity index (χ1v) is 4.64. The number of rotatable bonds is 2. The summed E-state index contributed by atoms with van der Waals surface area (Å²) in [7, 11) is 0. The number of nitrogens with two attached hydrogens (primary N) is 1. The lowest BCUT2D eigenvalue weighted by atomic mass is 10.0. The molecular formula is C10H13ClN2O. The monoisotopic (exact) mass is 212 g/mol. The summed E-state index contributed by atoms with van der Waals surface area (Å²) in [5, 5.41) is 12.1. The smallest absolute Gasteiger partial charge is 0.143 e. The Balaban J connectivity index is 3.04. The molecule has 0 unspecified atom stereocenters. The number of benzene rings is 1. The van der Waals surface area contributed by atoms with Crippen molar-refractivity contribution in [3.63, 3.8) is 0 Å². The van der Waals surface area contributed by atoms with Gasteiger partial charge in [0.15, 0.2) is 0 Å². The van der Waals surface area contributed by atoms with E-state index in [2.05, 4.69) is 5.16 Å². The summed E-state index contributed by atoms with van der Waals surface area (Å²) < 4.78 is 0. The van der Waals surface area contributed by atoms with E-state index >= 15 is 0 Å². The van der Waals surface area contributed by atoms with E-state index in [0.29, 0.717) is 11.4 Å². The van der Waals surface area contributed by atoms with Gasteiger partial charge in [-0.2, -0.15) is 0 Å². The molecule has 0 bridgehead atoms. The number of amidine groups is 1. The Morgan fingerprint density at radius 2 is 2.07 bits per heavy atom. The predicted molar refractivity (Wildman–Crippen MR) is 58.0 cm³/mol. The fourth-order valence-corrected chi connectivity index (χ4v) is 1.47. The van der Waals surface area contributed by atoms with E-state index in [-0.39, 0.29) is 5.84 Å². The molecule has 3 N–H and O–H groups in total. The van der Waals surface area contributed by atoms with E-state index in [9.17, 15) is 0 Å². The van der Waals surface area contributed by atoms with Gasteiger partial charge in [0.2, 0.25) is 0 Å². The van der Waals surface area contributed by atoms with Gasteiger partial charge in [0.25, 0.3) is 0 Å². The van der Waals surface area contributed by atoms with Gasteiger partial charge in [-0.15, -0.1) is 0 Å². The first kappa shape index (κ1) is 10.9. The summed E-state index contributed by atoms with van der Waals surface area (Å²) in [4.78, 5) is 0. The average molecular weight is 213 g/mol. The van der Waals surface area contributed by atoms with Crippen LogP contribution in [0.15, 0.2) is 17.3 Å². The van der Waals surface area contributed by atoms with Crippen molar-refractivity contribution in [3.05, 3.63) is 33.8 Å². The van der Waals surface area contributed by atoms with Gasteiger partial charge in [-0.3, -0.25) is 0 Å². The van der Waals surface area contributed by atoms with Gasteiger partial charge in [-0.05, 0) is 36.6 Å². The SMILES string of the molecule is Cc1cc(C)c(C/C(N)=N/O)cc1Cl. The van der Waals surface area contributed by atoms with Crippen molar-refractivity contribution < 1.29 is 5.21 Å². The van der Waals surface area contributed by atoms with Crippen molar-refractivity contribution in [1.82, 2.24) is 0 Å². The van der Waals surface area contributed by atoms with Gasteiger partial charge >= 0.3 is 0 Å². The van der Waals surface area contributed by atoms with E-state index < -0.39 is 0 Å². The number of halogens is 1. The van der Waals surface area contributed by atoms with Gasteiger partial charge in [-0.1, -0.05) is 22.8 Å². The van der Waals surface area contributed by atoms with Crippen LogP contribution < -0.4 is 5.73 Å². The Morgan fingerprint density at radius 1 is 1.43 bits per heavy atom. The molecule has 4 heteroatoms. The fourth-order valence-electron chi connectivity index (χ4n) is 1.29. The van der Waals surface area contributed by atoms with Crippen molar-refractivity contribution in [2.45, 2.75) is 20.3 Å². The average Bonchev–Trinajstić information content (AvgIpc) is 2.14. The van der Waals surface area contributed by atoms with E-state index in [1.165, 1.54) is 0 Å². The molecule has 0 heterocycles. The number of nitrogens with zero attached hydrogens (tertiary/aromatic N) is 1. The van der Waals surface area contributed by atoms with Crippen molar-refractivity contribution in [2.75, 3.05) is 0 Å². The normalized spacial score (nSPS) is 11.8. The Hall–Kier alpha value is -1.22. The minimum absolute atomic E-state index is 0.188. The highest BCUT2D eigenvalue weighted by molar-refractivity contribution is 6.31. The quantitative estimate of drug-likeness (QED) is 0.342. The minimum atomic E-state index is 0.188. The van der Waals surface area contributed by atoms with Crippen LogP contribution in [0.25, 0.3) is 0 Å². The van der Waals surface area contributed by atoms with Crippen LogP contribution in [0, 0.1) is 13.8 Å². The van der Waals surface area contributed by atoms with E-state index in [1.54, 1.807) is 0 Å². The van der Waals surface area contributed by atoms with Crippen LogP contribution in [0.3, 0.4) is 0 Å². The lowest BCUT2D eigenvalue weighted by Crippen LogP contribution is -2.15. The standard InChI is InChI=1S/C10H13ClN2O/c1-6-3-7(2)9(11)4-8(6)5-10(12)13-14/h3-4,14H,5H2,1-2H3,(H2,12,13). The Labute approximate surface area is 88.2 Å². The second kappa shape index (κ2) is 4.33. The number of oxime groups is 1. The molecule has 3 nitrogen and oxygen atoms in total.